The minimum Gasteiger partial charge on any atom is -0.342 e. The molecule has 4 nitrogen and oxygen atoms in total. The summed E-state index contributed by atoms with van der Waals surface area (Å²) < 4.78 is 15.5. The molecule has 0 unspecified atom stereocenters. The fourth-order valence-electron chi connectivity index (χ4n) is 2.07. The predicted octanol–water partition coefficient (Wildman–Crippen LogP) is 4.36. The Morgan fingerprint density at radius 2 is 2.04 bits per heavy atom. The monoisotopic (exact) mass is 488 g/mol. The maximum absolute atomic E-state index is 13.9. The number of nitrogens with one attached hydrogen (secondary N) is 1. The Morgan fingerprint density at radius 1 is 1.28 bits per heavy atom. The normalized spacial score (nSPS) is 10.4. The van der Waals surface area contributed by atoms with Crippen molar-refractivity contribution in [2.75, 3.05) is 13.1 Å². The largest absolute Gasteiger partial charge is 0.342 e. The molecule has 0 saturated carbocycles. The van der Waals surface area contributed by atoms with E-state index in [2.05, 4.69) is 43.8 Å². The summed E-state index contributed by atoms with van der Waals surface area (Å²) in [5, 5.41) is 2.58. The molecule has 0 spiro atoms. The zero-order valence-corrected chi connectivity index (χ0v) is 17.1. The highest BCUT2D eigenvalue weighted by Crippen LogP contribution is 2.22. The van der Waals surface area contributed by atoms with E-state index in [0.717, 1.165) is 8.26 Å². The Balaban J connectivity index is 2.01. The van der Waals surface area contributed by atoms with E-state index in [9.17, 15) is 14.0 Å². The summed E-state index contributed by atoms with van der Waals surface area (Å²) in [4.78, 5) is 26.4. The summed E-state index contributed by atoms with van der Waals surface area (Å²) in [6, 6.07) is 8.00. The average molecular weight is 490 g/mol. The molecular weight excluding hydrogens is 475 g/mol. The fraction of sp³-hybridized carbons (Fsp3) is 0.176. The smallest absolute Gasteiger partial charge is 0.261 e. The molecule has 8 heteroatoms. The lowest BCUT2D eigenvalue weighted by atomic mass is 10.2. The van der Waals surface area contributed by atoms with Crippen LogP contribution in [0, 0.1) is 5.82 Å². The van der Waals surface area contributed by atoms with Gasteiger partial charge in [-0.1, -0.05) is 22.0 Å². The number of benzene rings is 1. The number of carbonyl (C=O) groups is 2. The first-order valence-corrected chi connectivity index (χ1v) is 9.67. The van der Waals surface area contributed by atoms with Crippen molar-refractivity contribution in [3.05, 3.63) is 67.5 Å². The number of carbonyl (C=O) groups excluding carboxylic acids is 2. The molecule has 0 saturated heterocycles. The molecule has 0 fully saturated rings. The molecule has 0 aliphatic rings. The first-order chi connectivity index (χ1) is 11.9. The van der Waals surface area contributed by atoms with E-state index in [1.807, 2.05) is 0 Å². The molecule has 0 aliphatic carbocycles. The van der Waals surface area contributed by atoms with Crippen molar-refractivity contribution in [2.24, 2.45) is 0 Å². The fourth-order valence-corrected chi connectivity index (χ4v) is 3.78. The van der Waals surface area contributed by atoms with Gasteiger partial charge in [-0.2, -0.15) is 0 Å². The third-order valence-corrected chi connectivity index (χ3v) is 5.38. The second-order valence-electron chi connectivity index (χ2n) is 5.09. The van der Waals surface area contributed by atoms with E-state index in [1.54, 1.807) is 30.3 Å². The lowest BCUT2D eigenvalue weighted by Gasteiger charge is -2.22. The molecule has 2 aromatic rings. The highest BCUT2D eigenvalue weighted by atomic mass is 79.9. The lowest BCUT2D eigenvalue weighted by molar-refractivity contribution is -0.130. The SMILES string of the molecule is C=CCN(Cc1cc(Br)ccc1F)C(=O)CNC(=O)c1ccc(Br)s1. The second-order valence-corrected chi connectivity index (χ2v) is 8.46. The van der Waals surface area contributed by atoms with Gasteiger partial charge in [0.05, 0.1) is 15.2 Å². The van der Waals surface area contributed by atoms with E-state index < -0.39 is 5.82 Å². The van der Waals surface area contributed by atoms with Gasteiger partial charge in [-0.25, -0.2) is 4.39 Å². The molecule has 1 N–H and O–H groups in total. The summed E-state index contributed by atoms with van der Waals surface area (Å²) >= 11 is 7.86. The molecule has 2 amide bonds. The van der Waals surface area contributed by atoms with Crippen LogP contribution in [0.15, 0.2) is 51.2 Å². The molecule has 1 heterocycles. The number of thiophene rings is 1. The minimum absolute atomic E-state index is 0.0938. The number of hydrogen-bond donors (Lipinski definition) is 1. The van der Waals surface area contributed by atoms with Gasteiger partial charge < -0.3 is 10.2 Å². The summed E-state index contributed by atoms with van der Waals surface area (Å²) in [5.74, 6) is -1.03. The van der Waals surface area contributed by atoms with Crippen LogP contribution in [-0.4, -0.2) is 29.8 Å². The van der Waals surface area contributed by atoms with Crippen LogP contribution in [0.2, 0.25) is 0 Å². The number of rotatable bonds is 7. The zero-order valence-electron chi connectivity index (χ0n) is 13.1. The van der Waals surface area contributed by atoms with Crippen molar-refractivity contribution in [1.82, 2.24) is 10.2 Å². The van der Waals surface area contributed by atoms with Crippen LogP contribution in [-0.2, 0) is 11.3 Å². The molecule has 0 atom stereocenters. The highest BCUT2D eigenvalue weighted by Gasteiger charge is 2.17. The maximum Gasteiger partial charge on any atom is 0.261 e. The van der Waals surface area contributed by atoms with Crippen molar-refractivity contribution in [3.8, 4) is 0 Å². The Hall–Kier alpha value is -1.51. The molecule has 132 valence electrons. The Kier molecular flexibility index (Phi) is 7.34. The molecule has 2 rings (SSSR count). The van der Waals surface area contributed by atoms with Crippen LogP contribution in [0.5, 0.6) is 0 Å². The van der Waals surface area contributed by atoms with Crippen LogP contribution in [0.1, 0.15) is 15.2 Å². The van der Waals surface area contributed by atoms with Crippen molar-refractivity contribution >= 4 is 55.0 Å². The van der Waals surface area contributed by atoms with Gasteiger partial charge in [0.2, 0.25) is 5.91 Å². The van der Waals surface area contributed by atoms with Crippen molar-refractivity contribution < 1.29 is 14.0 Å². The molecule has 0 bridgehead atoms. The molecule has 1 aromatic carbocycles. The van der Waals surface area contributed by atoms with Gasteiger partial charge in [0.1, 0.15) is 5.82 Å². The van der Waals surface area contributed by atoms with Crippen LogP contribution in [0.4, 0.5) is 4.39 Å². The quantitative estimate of drug-likeness (QED) is 0.587. The second kappa shape index (κ2) is 9.26. The summed E-state index contributed by atoms with van der Waals surface area (Å²) in [5.41, 5.74) is 0.387. The number of halogens is 3. The van der Waals surface area contributed by atoms with E-state index in [1.165, 1.54) is 22.3 Å². The summed E-state index contributed by atoms with van der Waals surface area (Å²) in [7, 11) is 0. The van der Waals surface area contributed by atoms with Gasteiger partial charge in [0.25, 0.3) is 5.91 Å². The van der Waals surface area contributed by atoms with Crippen LogP contribution >= 0.6 is 43.2 Å². The van der Waals surface area contributed by atoms with Gasteiger partial charge in [0.15, 0.2) is 0 Å². The summed E-state index contributed by atoms with van der Waals surface area (Å²) in [6.45, 7) is 3.80. The van der Waals surface area contributed by atoms with E-state index in [-0.39, 0.29) is 31.4 Å². The van der Waals surface area contributed by atoms with E-state index >= 15 is 0 Å². The number of nitrogens with zero attached hydrogens (tertiary/aromatic N) is 1. The van der Waals surface area contributed by atoms with Gasteiger partial charge in [0, 0.05) is 23.1 Å². The van der Waals surface area contributed by atoms with Crippen LogP contribution < -0.4 is 5.32 Å². The van der Waals surface area contributed by atoms with Crippen LogP contribution in [0.25, 0.3) is 0 Å². The Morgan fingerprint density at radius 3 is 2.68 bits per heavy atom. The highest BCUT2D eigenvalue weighted by molar-refractivity contribution is 9.11. The van der Waals surface area contributed by atoms with Crippen LogP contribution in [0.3, 0.4) is 0 Å². The predicted molar refractivity (Wildman–Crippen MR) is 104 cm³/mol. The topological polar surface area (TPSA) is 49.4 Å². The average Bonchev–Trinajstić information content (AvgIpc) is 3.01. The van der Waals surface area contributed by atoms with Gasteiger partial charge in [-0.3, -0.25) is 9.59 Å². The maximum atomic E-state index is 13.9. The number of amides is 2. The molecule has 25 heavy (non-hydrogen) atoms. The van der Waals surface area contributed by atoms with Crippen molar-refractivity contribution in [3.63, 3.8) is 0 Å². The van der Waals surface area contributed by atoms with Gasteiger partial charge >= 0.3 is 0 Å². The standard InChI is InChI=1S/C17H15Br2FN2O2S/c1-2-7-22(10-11-8-12(18)3-4-13(11)20)16(23)9-21-17(24)14-5-6-15(19)25-14/h2-6,8H,1,7,9-10H2,(H,21,24). The van der Waals surface area contributed by atoms with E-state index in [4.69, 9.17) is 0 Å². The molecule has 1 aromatic heterocycles. The lowest BCUT2D eigenvalue weighted by Crippen LogP contribution is -2.40. The Labute approximate surface area is 166 Å². The third-order valence-electron chi connectivity index (χ3n) is 3.27. The van der Waals surface area contributed by atoms with Gasteiger partial charge in [-0.15, -0.1) is 17.9 Å². The van der Waals surface area contributed by atoms with E-state index in [0.29, 0.717) is 10.4 Å². The zero-order chi connectivity index (χ0) is 18.4. The molecule has 0 radical (unpaired) electrons. The molecular formula is C17H15Br2FN2O2S. The Bertz CT molecular complexity index is 795. The first-order valence-electron chi connectivity index (χ1n) is 7.27. The van der Waals surface area contributed by atoms with Gasteiger partial charge in [-0.05, 0) is 46.3 Å². The summed E-state index contributed by atoms with van der Waals surface area (Å²) in [6.07, 6.45) is 1.56. The first kappa shape index (κ1) is 19.8. The third kappa shape index (κ3) is 5.76. The minimum atomic E-state index is -0.391. The van der Waals surface area contributed by atoms with Crippen molar-refractivity contribution in [2.45, 2.75) is 6.54 Å². The van der Waals surface area contributed by atoms with Crippen molar-refractivity contribution in [1.29, 1.82) is 0 Å². The number of hydrogen-bond acceptors (Lipinski definition) is 3. The molecule has 0 aliphatic heterocycles.